The normalized spacial score (nSPS) is 23.9. The van der Waals surface area contributed by atoms with Gasteiger partial charge in [0.25, 0.3) is 0 Å². The number of nitrogens with one attached hydrogen (secondary N) is 1. The first kappa shape index (κ1) is 12.5. The Morgan fingerprint density at radius 1 is 1.26 bits per heavy atom. The number of nitrogens with two attached hydrogens (primary N) is 1. The van der Waals surface area contributed by atoms with Crippen molar-refractivity contribution < 1.29 is 8.78 Å². The Kier molecular flexibility index (Phi) is 2.96. The molecule has 0 amide bonds. The molecule has 4 heteroatoms. The molecule has 1 aromatic rings. The third-order valence-corrected chi connectivity index (χ3v) is 4.36. The van der Waals surface area contributed by atoms with Gasteiger partial charge in [0, 0.05) is 6.54 Å². The molecule has 1 atom stereocenters. The van der Waals surface area contributed by atoms with Crippen molar-refractivity contribution in [1.29, 1.82) is 0 Å². The van der Waals surface area contributed by atoms with Crippen LogP contribution in [0, 0.1) is 17.6 Å². The van der Waals surface area contributed by atoms with Gasteiger partial charge < -0.3 is 11.1 Å². The molecule has 3 N–H and O–H groups in total. The quantitative estimate of drug-likeness (QED) is 0.877. The minimum Gasteiger partial charge on any atom is -0.386 e. The zero-order valence-electron chi connectivity index (χ0n) is 10.8. The highest BCUT2D eigenvalue weighted by Crippen LogP contribution is 2.52. The van der Waals surface area contributed by atoms with Crippen LogP contribution in [0.2, 0.25) is 0 Å². The summed E-state index contributed by atoms with van der Waals surface area (Å²) in [6.45, 7) is 0.889. The van der Waals surface area contributed by atoms with Gasteiger partial charge in [-0.05, 0) is 60.8 Å². The van der Waals surface area contributed by atoms with E-state index in [0.717, 1.165) is 43.6 Å². The fraction of sp³-hybridized carbons (Fsp3) is 0.467. The summed E-state index contributed by atoms with van der Waals surface area (Å²) >= 11 is 0. The average Bonchev–Trinajstić information content (AvgIpc) is 3.07. The molecule has 1 saturated carbocycles. The van der Waals surface area contributed by atoms with E-state index < -0.39 is 11.6 Å². The Morgan fingerprint density at radius 3 is 2.63 bits per heavy atom. The van der Waals surface area contributed by atoms with Crippen LogP contribution < -0.4 is 11.1 Å². The Bertz CT molecular complexity index is 521. The molecule has 0 aromatic heterocycles. The van der Waals surface area contributed by atoms with Crippen LogP contribution in [0.25, 0.3) is 0 Å². The number of hydrogen-bond donors (Lipinski definition) is 2. The van der Waals surface area contributed by atoms with Gasteiger partial charge in [0.15, 0.2) is 11.6 Å². The second kappa shape index (κ2) is 4.51. The van der Waals surface area contributed by atoms with E-state index in [1.165, 1.54) is 12.1 Å². The molecule has 1 aliphatic carbocycles. The lowest BCUT2D eigenvalue weighted by Gasteiger charge is -2.17. The molecule has 19 heavy (non-hydrogen) atoms. The zero-order valence-corrected chi connectivity index (χ0v) is 10.8. The summed E-state index contributed by atoms with van der Waals surface area (Å²) in [5, 5.41) is 3.11. The molecule has 102 valence electrons. The van der Waals surface area contributed by atoms with Crippen LogP contribution in [0.4, 0.5) is 8.78 Å². The van der Waals surface area contributed by atoms with Gasteiger partial charge in [0.1, 0.15) is 0 Å². The third-order valence-electron chi connectivity index (χ3n) is 4.36. The topological polar surface area (TPSA) is 38.0 Å². The molecule has 1 fully saturated rings. The molecule has 0 radical (unpaired) electrons. The lowest BCUT2D eigenvalue weighted by Crippen LogP contribution is -2.17. The summed E-state index contributed by atoms with van der Waals surface area (Å²) in [4.78, 5) is 0. The van der Waals surface area contributed by atoms with Crippen LogP contribution in [-0.2, 0) is 5.41 Å². The number of rotatable bonds is 4. The van der Waals surface area contributed by atoms with Crippen LogP contribution in [0.1, 0.15) is 31.2 Å². The van der Waals surface area contributed by atoms with Crippen molar-refractivity contribution in [3.8, 4) is 0 Å². The molecular formula is C15H18F2N2. The van der Waals surface area contributed by atoms with Gasteiger partial charge in [0.2, 0.25) is 0 Å². The van der Waals surface area contributed by atoms with Crippen molar-refractivity contribution in [3.63, 3.8) is 0 Å². The summed E-state index contributed by atoms with van der Waals surface area (Å²) in [6, 6.07) is 4.32. The smallest absolute Gasteiger partial charge is 0.159 e. The van der Waals surface area contributed by atoms with Crippen molar-refractivity contribution in [2.24, 2.45) is 11.7 Å². The van der Waals surface area contributed by atoms with E-state index in [-0.39, 0.29) is 5.41 Å². The predicted octanol–water partition coefficient (Wildman–Crippen LogP) is 2.80. The first-order chi connectivity index (χ1) is 9.09. The third kappa shape index (κ3) is 2.44. The Labute approximate surface area is 111 Å². The molecular weight excluding hydrogens is 246 g/mol. The van der Waals surface area contributed by atoms with Crippen LogP contribution >= 0.6 is 0 Å². The standard InChI is InChI=1S/C15H18F2N2/c16-12-2-1-11(8-13(12)17)15(5-6-15)4-3-10-7-14(18)19-9-10/h1-2,7-8,10,19H,3-6,9,18H2/t10-/m0/s1. The minimum absolute atomic E-state index is 0.0692. The van der Waals surface area contributed by atoms with Crippen LogP contribution in [-0.4, -0.2) is 6.54 Å². The van der Waals surface area contributed by atoms with Crippen molar-refractivity contribution >= 4 is 0 Å². The van der Waals surface area contributed by atoms with Crippen molar-refractivity contribution in [2.45, 2.75) is 31.1 Å². The maximum absolute atomic E-state index is 13.3. The first-order valence-electron chi connectivity index (χ1n) is 6.76. The van der Waals surface area contributed by atoms with Crippen LogP contribution in [0.3, 0.4) is 0 Å². The van der Waals surface area contributed by atoms with Gasteiger partial charge in [-0.2, -0.15) is 0 Å². The molecule has 1 aliphatic heterocycles. The van der Waals surface area contributed by atoms with Gasteiger partial charge >= 0.3 is 0 Å². The first-order valence-corrected chi connectivity index (χ1v) is 6.76. The molecule has 3 rings (SSSR count). The van der Waals surface area contributed by atoms with Gasteiger partial charge in [-0.25, -0.2) is 8.78 Å². The second-order valence-electron chi connectivity index (χ2n) is 5.71. The highest BCUT2D eigenvalue weighted by Gasteiger charge is 2.44. The Balaban J connectivity index is 1.68. The SMILES string of the molecule is NC1=C[C@H](CCC2(c3ccc(F)c(F)c3)CC2)CN1. The highest BCUT2D eigenvalue weighted by molar-refractivity contribution is 5.32. The highest BCUT2D eigenvalue weighted by atomic mass is 19.2. The maximum Gasteiger partial charge on any atom is 0.159 e. The summed E-state index contributed by atoms with van der Waals surface area (Å²) in [6.07, 6.45) is 6.23. The van der Waals surface area contributed by atoms with E-state index in [9.17, 15) is 8.78 Å². The second-order valence-corrected chi connectivity index (χ2v) is 5.71. The van der Waals surface area contributed by atoms with E-state index in [4.69, 9.17) is 5.73 Å². The lowest BCUT2D eigenvalue weighted by molar-refractivity contribution is 0.485. The molecule has 1 aromatic carbocycles. The summed E-state index contributed by atoms with van der Waals surface area (Å²) in [5.74, 6) is -0.295. The fourth-order valence-electron chi connectivity index (χ4n) is 2.93. The van der Waals surface area contributed by atoms with E-state index in [1.807, 2.05) is 0 Å². The fourth-order valence-corrected chi connectivity index (χ4v) is 2.93. The van der Waals surface area contributed by atoms with Crippen LogP contribution in [0.15, 0.2) is 30.1 Å². The van der Waals surface area contributed by atoms with Gasteiger partial charge in [0.05, 0.1) is 5.82 Å². The molecule has 2 nitrogen and oxygen atoms in total. The van der Waals surface area contributed by atoms with E-state index >= 15 is 0 Å². The number of halogens is 2. The summed E-state index contributed by atoms with van der Waals surface area (Å²) < 4.78 is 26.3. The van der Waals surface area contributed by atoms with Crippen molar-refractivity contribution in [1.82, 2.24) is 5.32 Å². The predicted molar refractivity (Wildman–Crippen MR) is 70.3 cm³/mol. The van der Waals surface area contributed by atoms with Crippen molar-refractivity contribution in [3.05, 3.63) is 47.3 Å². The summed E-state index contributed by atoms with van der Waals surface area (Å²) in [7, 11) is 0. The van der Waals surface area contributed by atoms with E-state index in [2.05, 4.69) is 11.4 Å². The molecule has 0 saturated heterocycles. The van der Waals surface area contributed by atoms with Gasteiger partial charge in [-0.15, -0.1) is 0 Å². The molecule has 1 heterocycles. The van der Waals surface area contributed by atoms with Crippen molar-refractivity contribution in [2.75, 3.05) is 6.54 Å². The largest absolute Gasteiger partial charge is 0.386 e. The molecule has 0 bridgehead atoms. The number of hydrogen-bond acceptors (Lipinski definition) is 2. The lowest BCUT2D eigenvalue weighted by atomic mass is 9.88. The Hall–Kier alpha value is -1.58. The maximum atomic E-state index is 13.3. The Morgan fingerprint density at radius 2 is 2.05 bits per heavy atom. The summed E-state index contributed by atoms with van der Waals surface area (Å²) in [5.41, 5.74) is 6.69. The average molecular weight is 264 g/mol. The number of benzene rings is 1. The molecule has 2 aliphatic rings. The minimum atomic E-state index is -0.768. The van der Waals surface area contributed by atoms with Gasteiger partial charge in [-0.3, -0.25) is 0 Å². The van der Waals surface area contributed by atoms with E-state index in [1.54, 1.807) is 6.07 Å². The molecule has 0 unspecified atom stereocenters. The van der Waals surface area contributed by atoms with E-state index in [0.29, 0.717) is 5.92 Å². The van der Waals surface area contributed by atoms with Gasteiger partial charge in [-0.1, -0.05) is 6.07 Å². The monoisotopic (exact) mass is 264 g/mol. The zero-order chi connectivity index (χ0) is 13.5. The van der Waals surface area contributed by atoms with Crippen LogP contribution in [0.5, 0.6) is 0 Å². The molecule has 0 spiro atoms.